The van der Waals surface area contributed by atoms with Crippen molar-refractivity contribution in [2.75, 3.05) is 34.6 Å². The van der Waals surface area contributed by atoms with Crippen LogP contribution in [0, 0.1) is 10.1 Å². The summed E-state index contributed by atoms with van der Waals surface area (Å²) in [4.78, 5) is 25.7. The Labute approximate surface area is 180 Å². The van der Waals surface area contributed by atoms with Gasteiger partial charge >= 0.3 is 5.69 Å². The molecular formula is C20H24N2O8S. The third-order valence-electron chi connectivity index (χ3n) is 4.91. The first-order valence-corrected chi connectivity index (χ1v) is 10.9. The molecule has 0 aliphatic rings. The first-order chi connectivity index (χ1) is 14.5. The number of rotatable bonds is 8. The molecule has 2 aromatic carbocycles. The van der Waals surface area contributed by atoms with Gasteiger partial charge in [0.15, 0.2) is 15.6 Å². The first-order valence-electron chi connectivity index (χ1n) is 9.02. The number of carbonyl (C=O) groups excluding carboxylic acids is 1. The Hall–Kier alpha value is -3.34. The predicted molar refractivity (Wildman–Crippen MR) is 113 cm³/mol. The molecule has 0 saturated heterocycles. The Balaban J connectivity index is 2.53. The van der Waals surface area contributed by atoms with E-state index in [1.54, 1.807) is 19.1 Å². The maximum absolute atomic E-state index is 13.2. The van der Waals surface area contributed by atoms with Gasteiger partial charge in [0.25, 0.3) is 5.91 Å². The molecule has 0 bridgehead atoms. The van der Waals surface area contributed by atoms with Gasteiger partial charge in [0.05, 0.1) is 37.2 Å². The van der Waals surface area contributed by atoms with E-state index in [9.17, 15) is 23.3 Å². The highest BCUT2D eigenvalue weighted by Gasteiger charge is 2.34. The van der Waals surface area contributed by atoms with Crippen LogP contribution in [0.4, 0.5) is 5.69 Å². The van der Waals surface area contributed by atoms with Gasteiger partial charge in [-0.15, -0.1) is 0 Å². The number of nitro groups is 1. The number of hydrogen-bond donors (Lipinski definition) is 0. The molecule has 0 aromatic heterocycles. The molecule has 11 heteroatoms. The summed E-state index contributed by atoms with van der Waals surface area (Å²) < 4.78 is 38.9. The van der Waals surface area contributed by atoms with Crippen LogP contribution in [0.1, 0.15) is 28.9 Å². The zero-order valence-electron chi connectivity index (χ0n) is 18.0. The van der Waals surface area contributed by atoms with Gasteiger partial charge in [0.1, 0.15) is 5.56 Å². The largest absolute Gasteiger partial charge is 0.493 e. The highest BCUT2D eigenvalue weighted by Crippen LogP contribution is 2.46. The van der Waals surface area contributed by atoms with Gasteiger partial charge in [-0.05, 0) is 24.6 Å². The third kappa shape index (κ3) is 4.71. The van der Waals surface area contributed by atoms with E-state index >= 15 is 0 Å². The van der Waals surface area contributed by atoms with Crippen molar-refractivity contribution < 1.29 is 32.3 Å². The fourth-order valence-electron chi connectivity index (χ4n) is 3.07. The summed E-state index contributed by atoms with van der Waals surface area (Å²) in [6.45, 7) is 1.72. The number of carbonyl (C=O) groups is 1. The Bertz CT molecular complexity index is 1100. The summed E-state index contributed by atoms with van der Waals surface area (Å²) >= 11 is 0. The molecule has 0 aliphatic heterocycles. The number of ether oxygens (including phenoxy) is 3. The SMILES string of the molecule is COc1cc(C(=O)N(C)C(C)c2ccc(S(C)(=O)=O)cc2)c([N+](=O)[O-])c(OC)c1OC. The van der Waals surface area contributed by atoms with Crippen molar-refractivity contribution >= 4 is 21.4 Å². The maximum atomic E-state index is 13.2. The standard InChI is InChI=1S/C20H24N2O8S/c1-12(13-7-9-14(10-8-13)31(6,26)27)21(2)20(23)15-11-16(28-3)18(29-4)19(30-5)17(15)22(24)25/h7-12H,1-6H3. The normalized spacial score (nSPS) is 12.1. The Morgan fingerprint density at radius 2 is 1.61 bits per heavy atom. The van der Waals surface area contributed by atoms with Crippen LogP contribution in [0.5, 0.6) is 17.2 Å². The Kier molecular flexibility index (Phi) is 7.11. The first kappa shape index (κ1) is 23.9. The van der Waals surface area contributed by atoms with Crippen molar-refractivity contribution in [3.05, 3.63) is 51.6 Å². The second-order valence-electron chi connectivity index (χ2n) is 6.73. The minimum Gasteiger partial charge on any atom is -0.493 e. The molecule has 1 amide bonds. The van der Waals surface area contributed by atoms with Crippen molar-refractivity contribution in [2.24, 2.45) is 0 Å². The minimum atomic E-state index is -3.36. The topological polar surface area (TPSA) is 125 Å². The molecule has 2 aromatic rings. The van der Waals surface area contributed by atoms with Gasteiger partial charge in [0.2, 0.25) is 11.5 Å². The number of sulfone groups is 1. The number of nitro benzene ring substituents is 1. The zero-order valence-corrected chi connectivity index (χ0v) is 18.8. The van der Waals surface area contributed by atoms with E-state index < -0.39 is 32.4 Å². The van der Waals surface area contributed by atoms with E-state index in [1.165, 1.54) is 51.5 Å². The minimum absolute atomic E-state index is 0.000292. The Morgan fingerprint density at radius 1 is 1.06 bits per heavy atom. The maximum Gasteiger partial charge on any atom is 0.327 e. The lowest BCUT2D eigenvalue weighted by Gasteiger charge is -2.26. The zero-order chi connectivity index (χ0) is 23.5. The van der Waals surface area contributed by atoms with Crippen molar-refractivity contribution in [2.45, 2.75) is 17.9 Å². The molecular weight excluding hydrogens is 428 g/mol. The smallest absolute Gasteiger partial charge is 0.327 e. The molecule has 0 spiro atoms. The molecule has 31 heavy (non-hydrogen) atoms. The quantitative estimate of drug-likeness (QED) is 0.442. The van der Waals surface area contributed by atoms with Gasteiger partial charge < -0.3 is 19.1 Å². The molecule has 0 saturated carbocycles. The van der Waals surface area contributed by atoms with Crippen molar-refractivity contribution in [1.29, 1.82) is 0 Å². The number of methoxy groups -OCH3 is 3. The molecule has 1 atom stereocenters. The van der Waals surface area contributed by atoms with Crippen molar-refractivity contribution in [1.82, 2.24) is 4.90 Å². The summed E-state index contributed by atoms with van der Waals surface area (Å²) in [6.07, 6.45) is 1.10. The molecule has 0 N–H and O–H groups in total. The molecule has 10 nitrogen and oxygen atoms in total. The van der Waals surface area contributed by atoms with E-state index in [0.717, 1.165) is 6.26 Å². The highest BCUT2D eigenvalue weighted by atomic mass is 32.2. The van der Waals surface area contributed by atoms with E-state index in [0.29, 0.717) is 5.56 Å². The van der Waals surface area contributed by atoms with Crippen LogP contribution in [0.25, 0.3) is 0 Å². The molecule has 0 aliphatic carbocycles. The van der Waals surface area contributed by atoms with E-state index in [4.69, 9.17) is 14.2 Å². The van der Waals surface area contributed by atoms with Gasteiger partial charge in [-0.3, -0.25) is 14.9 Å². The van der Waals surface area contributed by atoms with Gasteiger partial charge in [0, 0.05) is 19.4 Å². The van der Waals surface area contributed by atoms with Crippen molar-refractivity contribution in [3.63, 3.8) is 0 Å². The summed E-state index contributed by atoms with van der Waals surface area (Å²) in [7, 11) is 2.01. The van der Waals surface area contributed by atoms with Gasteiger partial charge in [-0.2, -0.15) is 0 Å². The summed E-state index contributed by atoms with van der Waals surface area (Å²) in [5.74, 6) is -0.772. The predicted octanol–water partition coefficient (Wildman–Crippen LogP) is 2.86. The van der Waals surface area contributed by atoms with E-state index in [2.05, 4.69) is 0 Å². The second-order valence-corrected chi connectivity index (χ2v) is 8.75. The molecule has 2 rings (SSSR count). The van der Waals surface area contributed by atoms with Gasteiger partial charge in [-0.1, -0.05) is 12.1 Å². The lowest BCUT2D eigenvalue weighted by molar-refractivity contribution is -0.386. The lowest BCUT2D eigenvalue weighted by atomic mass is 10.0. The molecule has 0 radical (unpaired) electrons. The molecule has 0 fully saturated rings. The fourth-order valence-corrected chi connectivity index (χ4v) is 3.70. The van der Waals surface area contributed by atoms with Crippen LogP contribution in [0.3, 0.4) is 0 Å². The average Bonchev–Trinajstić information content (AvgIpc) is 2.75. The monoisotopic (exact) mass is 452 g/mol. The third-order valence-corrected chi connectivity index (χ3v) is 6.04. The number of hydrogen-bond acceptors (Lipinski definition) is 8. The molecule has 0 heterocycles. The molecule has 1 unspecified atom stereocenters. The van der Waals surface area contributed by atoms with Crippen molar-refractivity contribution in [3.8, 4) is 17.2 Å². The van der Waals surface area contributed by atoms with Gasteiger partial charge in [-0.25, -0.2) is 8.42 Å². The van der Waals surface area contributed by atoms with Crippen LogP contribution >= 0.6 is 0 Å². The van der Waals surface area contributed by atoms with Crippen LogP contribution in [0.2, 0.25) is 0 Å². The van der Waals surface area contributed by atoms with Crippen LogP contribution < -0.4 is 14.2 Å². The lowest BCUT2D eigenvalue weighted by Crippen LogP contribution is -2.30. The fraction of sp³-hybridized carbons (Fsp3) is 0.350. The summed E-state index contributed by atoms with van der Waals surface area (Å²) in [5, 5.41) is 11.8. The number of amides is 1. The van der Waals surface area contributed by atoms with Crippen LogP contribution in [0.15, 0.2) is 35.2 Å². The second kappa shape index (κ2) is 9.21. The van der Waals surface area contributed by atoms with Crippen LogP contribution in [-0.4, -0.2) is 58.8 Å². The summed E-state index contributed by atoms with van der Waals surface area (Å²) in [6, 6.07) is 6.79. The van der Waals surface area contributed by atoms with Crippen LogP contribution in [-0.2, 0) is 9.84 Å². The highest BCUT2D eigenvalue weighted by molar-refractivity contribution is 7.90. The Morgan fingerprint density at radius 3 is 2.03 bits per heavy atom. The number of benzene rings is 2. The summed E-state index contributed by atoms with van der Waals surface area (Å²) in [5.41, 5.74) is -0.128. The number of nitrogens with zero attached hydrogens (tertiary/aromatic N) is 2. The molecule has 168 valence electrons. The average molecular weight is 452 g/mol. The van der Waals surface area contributed by atoms with E-state index in [-0.39, 0.29) is 27.7 Å². The van der Waals surface area contributed by atoms with E-state index in [1.807, 2.05) is 0 Å².